The first-order valence-corrected chi connectivity index (χ1v) is 12.0. The second-order valence-corrected chi connectivity index (χ2v) is 8.20. The van der Waals surface area contributed by atoms with Gasteiger partial charge in [-0.25, -0.2) is 0 Å². The van der Waals surface area contributed by atoms with Crippen LogP contribution in [0, 0.1) is 23.7 Å². The minimum atomic E-state index is 0.577. The molecule has 0 atom stereocenters. The summed E-state index contributed by atoms with van der Waals surface area (Å²) in [6.45, 7) is 6.04. The minimum Gasteiger partial charge on any atom is -0.492 e. The Bertz CT molecular complexity index is 1150. The van der Waals surface area contributed by atoms with Crippen LogP contribution in [0.15, 0.2) is 72.8 Å². The summed E-state index contributed by atoms with van der Waals surface area (Å²) in [6, 6.07) is 24.3. The molecular weight excluding hydrogens is 432 g/mol. The van der Waals surface area contributed by atoms with Crippen molar-refractivity contribution in [1.82, 2.24) is 10.2 Å². The standard InChI is InChI=1S/C31H34N2O2/c1-4-33(3)22-24-35-31-19-17-29(18-20-31)12-11-27-7-5-26(6-8-27)9-10-28-13-15-30(16-14-28)21-23-34-25-32-2/h5-8,13-20,32H,4,21-25H2,1-3H3. The van der Waals surface area contributed by atoms with E-state index >= 15 is 0 Å². The number of ether oxygens (including phenoxy) is 2. The molecule has 180 valence electrons. The van der Waals surface area contributed by atoms with Crippen LogP contribution in [0.3, 0.4) is 0 Å². The van der Waals surface area contributed by atoms with Crippen LogP contribution >= 0.6 is 0 Å². The highest BCUT2D eigenvalue weighted by atomic mass is 16.5. The molecule has 0 aromatic heterocycles. The van der Waals surface area contributed by atoms with Crippen LogP contribution in [0.2, 0.25) is 0 Å². The van der Waals surface area contributed by atoms with Gasteiger partial charge in [-0.05, 0) is 93.3 Å². The van der Waals surface area contributed by atoms with Gasteiger partial charge in [0.05, 0.1) is 13.3 Å². The zero-order valence-corrected chi connectivity index (χ0v) is 20.9. The molecule has 0 aliphatic heterocycles. The van der Waals surface area contributed by atoms with Gasteiger partial charge in [0.2, 0.25) is 0 Å². The first kappa shape index (κ1) is 26.1. The van der Waals surface area contributed by atoms with Gasteiger partial charge in [0.25, 0.3) is 0 Å². The number of hydrogen-bond acceptors (Lipinski definition) is 4. The van der Waals surface area contributed by atoms with Crippen molar-refractivity contribution >= 4 is 0 Å². The van der Waals surface area contributed by atoms with E-state index in [-0.39, 0.29) is 0 Å². The average molecular weight is 467 g/mol. The van der Waals surface area contributed by atoms with Crippen LogP contribution in [0.5, 0.6) is 5.75 Å². The Hall–Kier alpha value is -3.54. The number of rotatable bonds is 10. The van der Waals surface area contributed by atoms with Crippen molar-refractivity contribution in [3.8, 4) is 29.4 Å². The van der Waals surface area contributed by atoms with Crippen molar-refractivity contribution in [2.75, 3.05) is 47.1 Å². The molecule has 0 aliphatic rings. The molecule has 0 saturated carbocycles. The third-order valence-electron chi connectivity index (χ3n) is 5.46. The first-order valence-electron chi connectivity index (χ1n) is 12.0. The van der Waals surface area contributed by atoms with Gasteiger partial charge in [0, 0.05) is 28.8 Å². The van der Waals surface area contributed by atoms with Gasteiger partial charge in [-0.15, -0.1) is 0 Å². The van der Waals surface area contributed by atoms with Gasteiger partial charge in [-0.3, -0.25) is 5.32 Å². The average Bonchev–Trinajstić information content (AvgIpc) is 2.90. The third-order valence-corrected chi connectivity index (χ3v) is 5.46. The molecule has 0 radical (unpaired) electrons. The lowest BCUT2D eigenvalue weighted by Gasteiger charge is -2.14. The second kappa shape index (κ2) is 14.7. The fourth-order valence-corrected chi connectivity index (χ4v) is 3.16. The van der Waals surface area contributed by atoms with E-state index in [1.165, 1.54) is 5.56 Å². The van der Waals surface area contributed by atoms with Crippen LogP contribution in [0.1, 0.15) is 34.7 Å². The van der Waals surface area contributed by atoms with E-state index in [0.29, 0.717) is 19.9 Å². The summed E-state index contributed by atoms with van der Waals surface area (Å²) in [5.41, 5.74) is 5.14. The van der Waals surface area contributed by atoms with Crippen molar-refractivity contribution < 1.29 is 9.47 Å². The van der Waals surface area contributed by atoms with Crippen molar-refractivity contribution in [3.63, 3.8) is 0 Å². The molecular formula is C31H34N2O2. The Balaban J connectivity index is 1.50. The molecule has 0 heterocycles. The molecule has 0 aliphatic carbocycles. The second-order valence-electron chi connectivity index (χ2n) is 8.20. The molecule has 4 heteroatoms. The van der Waals surface area contributed by atoms with Gasteiger partial charge in [0.15, 0.2) is 0 Å². The zero-order chi connectivity index (χ0) is 24.7. The lowest BCUT2D eigenvalue weighted by molar-refractivity contribution is 0.125. The van der Waals surface area contributed by atoms with Crippen LogP contribution < -0.4 is 10.1 Å². The third kappa shape index (κ3) is 9.69. The Labute approximate surface area is 210 Å². The molecule has 0 bridgehead atoms. The highest BCUT2D eigenvalue weighted by molar-refractivity contribution is 5.48. The molecule has 0 fully saturated rings. The Morgan fingerprint density at radius 2 is 1.20 bits per heavy atom. The fourth-order valence-electron chi connectivity index (χ4n) is 3.16. The zero-order valence-electron chi connectivity index (χ0n) is 20.9. The number of nitrogens with zero attached hydrogens (tertiary/aromatic N) is 1. The highest BCUT2D eigenvalue weighted by Crippen LogP contribution is 2.12. The smallest absolute Gasteiger partial charge is 0.119 e. The Kier molecular flexibility index (Phi) is 10.9. The largest absolute Gasteiger partial charge is 0.492 e. The number of nitrogens with one attached hydrogen (secondary N) is 1. The molecule has 0 spiro atoms. The molecule has 0 unspecified atom stereocenters. The molecule has 35 heavy (non-hydrogen) atoms. The molecule has 4 nitrogen and oxygen atoms in total. The summed E-state index contributed by atoms with van der Waals surface area (Å²) in [6.07, 6.45) is 0.896. The van der Waals surface area contributed by atoms with Crippen molar-refractivity contribution in [2.45, 2.75) is 13.3 Å². The van der Waals surface area contributed by atoms with Crippen LogP contribution in [-0.4, -0.2) is 52.0 Å². The highest BCUT2D eigenvalue weighted by Gasteiger charge is 1.97. The SMILES string of the molecule is CCN(C)CCOc1ccc(C#Cc2ccc(C#Cc3ccc(CCOCNC)cc3)cc2)cc1. The summed E-state index contributed by atoms with van der Waals surface area (Å²) in [7, 11) is 3.96. The van der Waals surface area contributed by atoms with Crippen LogP contribution in [-0.2, 0) is 11.2 Å². The maximum Gasteiger partial charge on any atom is 0.119 e. The normalized spacial score (nSPS) is 10.3. The maximum absolute atomic E-state index is 5.78. The fraction of sp³-hybridized carbons (Fsp3) is 0.290. The number of hydrogen-bond donors (Lipinski definition) is 1. The number of benzene rings is 3. The number of likely N-dealkylation sites (N-methyl/N-ethyl adjacent to an activating group) is 1. The maximum atomic E-state index is 5.78. The van der Waals surface area contributed by atoms with E-state index in [0.717, 1.165) is 47.5 Å². The van der Waals surface area contributed by atoms with E-state index in [2.05, 4.69) is 72.1 Å². The predicted molar refractivity (Wildman–Crippen MR) is 144 cm³/mol. The molecule has 3 aromatic carbocycles. The molecule has 1 N–H and O–H groups in total. The van der Waals surface area contributed by atoms with Crippen LogP contribution in [0.25, 0.3) is 0 Å². The summed E-state index contributed by atoms with van der Waals surface area (Å²) < 4.78 is 11.2. The molecule has 3 aromatic rings. The molecule has 0 saturated heterocycles. The van der Waals surface area contributed by atoms with Crippen molar-refractivity contribution in [3.05, 3.63) is 101 Å². The van der Waals surface area contributed by atoms with Crippen molar-refractivity contribution in [1.29, 1.82) is 0 Å². The van der Waals surface area contributed by atoms with Gasteiger partial charge in [-0.2, -0.15) is 0 Å². The van der Waals surface area contributed by atoms with Crippen molar-refractivity contribution in [2.24, 2.45) is 0 Å². The van der Waals surface area contributed by atoms with Gasteiger partial charge < -0.3 is 14.4 Å². The minimum absolute atomic E-state index is 0.577. The summed E-state index contributed by atoms with van der Waals surface area (Å²) >= 11 is 0. The van der Waals surface area contributed by atoms with E-state index in [4.69, 9.17) is 9.47 Å². The quantitative estimate of drug-likeness (QED) is 0.270. The van der Waals surface area contributed by atoms with E-state index in [1.807, 2.05) is 55.6 Å². The predicted octanol–water partition coefficient (Wildman–Crippen LogP) is 4.55. The Morgan fingerprint density at radius 3 is 1.69 bits per heavy atom. The summed E-state index contributed by atoms with van der Waals surface area (Å²) in [4.78, 5) is 2.22. The lowest BCUT2D eigenvalue weighted by atomic mass is 10.1. The monoisotopic (exact) mass is 466 g/mol. The first-order chi connectivity index (χ1) is 17.2. The van der Waals surface area contributed by atoms with Gasteiger partial charge >= 0.3 is 0 Å². The molecule has 0 amide bonds. The van der Waals surface area contributed by atoms with Gasteiger partial charge in [-0.1, -0.05) is 42.7 Å². The molecule has 3 rings (SSSR count). The lowest BCUT2D eigenvalue weighted by Crippen LogP contribution is -2.23. The van der Waals surface area contributed by atoms with Crippen LogP contribution in [0.4, 0.5) is 0 Å². The van der Waals surface area contributed by atoms with Gasteiger partial charge in [0.1, 0.15) is 12.4 Å². The van der Waals surface area contributed by atoms with E-state index in [1.54, 1.807) is 0 Å². The van der Waals surface area contributed by atoms with E-state index < -0.39 is 0 Å². The topological polar surface area (TPSA) is 33.7 Å². The van der Waals surface area contributed by atoms with E-state index in [9.17, 15) is 0 Å². The summed E-state index contributed by atoms with van der Waals surface area (Å²) in [5, 5.41) is 2.97. The summed E-state index contributed by atoms with van der Waals surface area (Å²) in [5.74, 6) is 13.8. The Morgan fingerprint density at radius 1 is 0.714 bits per heavy atom.